The first kappa shape index (κ1) is 12.5. The van der Waals surface area contributed by atoms with Gasteiger partial charge >= 0.3 is 0 Å². The van der Waals surface area contributed by atoms with Gasteiger partial charge in [0.25, 0.3) is 0 Å². The van der Waals surface area contributed by atoms with Crippen molar-refractivity contribution in [2.24, 2.45) is 11.8 Å². The van der Waals surface area contributed by atoms with Crippen molar-refractivity contribution in [2.45, 2.75) is 46.1 Å². The van der Waals surface area contributed by atoms with E-state index in [9.17, 15) is 0 Å². The van der Waals surface area contributed by atoms with E-state index in [2.05, 4.69) is 21.5 Å². The van der Waals surface area contributed by atoms with Gasteiger partial charge in [-0.2, -0.15) is 0 Å². The molecule has 2 unspecified atom stereocenters. The van der Waals surface area contributed by atoms with Gasteiger partial charge in [0.05, 0.1) is 0 Å². The van der Waals surface area contributed by atoms with E-state index in [0.29, 0.717) is 11.9 Å². The molecule has 19 heavy (non-hydrogen) atoms. The lowest BCUT2D eigenvalue weighted by Gasteiger charge is -2.29. The molecule has 4 heteroatoms. The SMILES string of the molecule is Cc1ccc2nc(N)n(CC3CCCCC3C)c2n1. The molecule has 0 bridgehead atoms. The minimum absolute atomic E-state index is 0.603. The number of imidazole rings is 1. The van der Waals surface area contributed by atoms with E-state index in [1.807, 2.05) is 19.1 Å². The highest BCUT2D eigenvalue weighted by molar-refractivity contribution is 5.74. The van der Waals surface area contributed by atoms with Gasteiger partial charge in [-0.25, -0.2) is 9.97 Å². The maximum Gasteiger partial charge on any atom is 0.202 e. The van der Waals surface area contributed by atoms with Gasteiger partial charge < -0.3 is 5.73 Å². The van der Waals surface area contributed by atoms with Gasteiger partial charge in [-0.05, 0) is 37.3 Å². The summed E-state index contributed by atoms with van der Waals surface area (Å²) in [6, 6.07) is 4.00. The maximum absolute atomic E-state index is 6.08. The van der Waals surface area contributed by atoms with E-state index in [1.165, 1.54) is 25.7 Å². The summed E-state index contributed by atoms with van der Waals surface area (Å²) < 4.78 is 2.11. The van der Waals surface area contributed by atoms with Crippen LogP contribution >= 0.6 is 0 Å². The third-order valence-electron chi connectivity index (χ3n) is 4.47. The average Bonchev–Trinajstić information content (AvgIpc) is 2.69. The number of aromatic nitrogens is 3. The lowest BCUT2D eigenvalue weighted by molar-refractivity contribution is 0.231. The Morgan fingerprint density at radius 2 is 2.05 bits per heavy atom. The largest absolute Gasteiger partial charge is 0.369 e. The lowest BCUT2D eigenvalue weighted by atomic mass is 9.80. The molecule has 4 nitrogen and oxygen atoms in total. The summed E-state index contributed by atoms with van der Waals surface area (Å²) >= 11 is 0. The standard InChI is InChI=1S/C15H22N4/c1-10-5-3-4-6-12(10)9-19-14-13(18-15(19)16)8-7-11(2)17-14/h7-8,10,12H,3-6,9H2,1-2H3,(H2,16,18). The lowest BCUT2D eigenvalue weighted by Crippen LogP contribution is -2.22. The zero-order chi connectivity index (χ0) is 13.4. The summed E-state index contributed by atoms with van der Waals surface area (Å²) in [5.74, 6) is 2.08. The predicted octanol–water partition coefficient (Wildman–Crippen LogP) is 3.15. The molecule has 1 fully saturated rings. The molecular weight excluding hydrogens is 236 g/mol. The molecule has 3 rings (SSSR count). The molecule has 2 aromatic rings. The van der Waals surface area contributed by atoms with Gasteiger partial charge in [-0.15, -0.1) is 0 Å². The topological polar surface area (TPSA) is 56.7 Å². The number of hydrogen-bond donors (Lipinski definition) is 1. The van der Waals surface area contributed by atoms with Crippen LogP contribution in [0.3, 0.4) is 0 Å². The normalized spacial score (nSPS) is 23.9. The van der Waals surface area contributed by atoms with E-state index >= 15 is 0 Å². The van der Waals surface area contributed by atoms with Crippen molar-refractivity contribution in [3.63, 3.8) is 0 Å². The van der Waals surface area contributed by atoms with Gasteiger partial charge in [0, 0.05) is 12.2 Å². The third-order valence-corrected chi connectivity index (χ3v) is 4.47. The number of nitrogen functional groups attached to an aromatic ring is 1. The van der Waals surface area contributed by atoms with E-state index in [4.69, 9.17) is 5.73 Å². The molecule has 0 radical (unpaired) electrons. The van der Waals surface area contributed by atoms with E-state index in [1.54, 1.807) is 0 Å². The molecule has 1 saturated carbocycles. The van der Waals surface area contributed by atoms with Crippen molar-refractivity contribution >= 4 is 17.1 Å². The Hall–Kier alpha value is -1.58. The highest BCUT2D eigenvalue weighted by Crippen LogP contribution is 2.32. The molecular formula is C15H22N4. The first-order valence-electron chi connectivity index (χ1n) is 7.24. The average molecular weight is 258 g/mol. The molecule has 2 aromatic heterocycles. The van der Waals surface area contributed by atoms with Crippen LogP contribution in [0.15, 0.2) is 12.1 Å². The Balaban J connectivity index is 1.95. The van der Waals surface area contributed by atoms with Crippen LogP contribution in [-0.4, -0.2) is 14.5 Å². The molecule has 0 aliphatic heterocycles. The molecule has 0 amide bonds. The molecule has 1 aliphatic rings. The zero-order valence-electron chi connectivity index (χ0n) is 11.8. The Labute approximate surface area is 114 Å². The van der Waals surface area contributed by atoms with E-state index in [-0.39, 0.29) is 0 Å². The molecule has 0 saturated heterocycles. The fourth-order valence-electron chi connectivity index (χ4n) is 3.19. The van der Waals surface area contributed by atoms with Crippen LogP contribution in [0, 0.1) is 18.8 Å². The Morgan fingerprint density at radius 1 is 1.26 bits per heavy atom. The fraction of sp³-hybridized carbons (Fsp3) is 0.600. The summed E-state index contributed by atoms with van der Waals surface area (Å²) in [7, 11) is 0. The van der Waals surface area contributed by atoms with Crippen LogP contribution in [0.25, 0.3) is 11.2 Å². The summed E-state index contributed by atoms with van der Waals surface area (Å²) in [6.45, 7) is 5.33. The monoisotopic (exact) mass is 258 g/mol. The summed E-state index contributed by atoms with van der Waals surface area (Å²) in [4.78, 5) is 9.03. The number of aryl methyl sites for hydroxylation is 1. The number of fused-ring (bicyclic) bond motifs is 1. The Kier molecular flexibility index (Phi) is 3.17. The van der Waals surface area contributed by atoms with Crippen LogP contribution < -0.4 is 5.73 Å². The first-order chi connectivity index (χ1) is 9.15. The van der Waals surface area contributed by atoms with Gasteiger partial charge in [0.1, 0.15) is 5.52 Å². The molecule has 2 heterocycles. The van der Waals surface area contributed by atoms with Crippen molar-refractivity contribution in [3.8, 4) is 0 Å². The fourth-order valence-corrected chi connectivity index (χ4v) is 3.19. The summed E-state index contributed by atoms with van der Waals surface area (Å²) in [5, 5.41) is 0. The van der Waals surface area contributed by atoms with Crippen molar-refractivity contribution < 1.29 is 0 Å². The molecule has 2 atom stereocenters. The van der Waals surface area contributed by atoms with Gasteiger partial charge in [-0.3, -0.25) is 4.57 Å². The minimum Gasteiger partial charge on any atom is -0.369 e. The number of pyridine rings is 1. The second kappa shape index (κ2) is 4.83. The molecule has 0 spiro atoms. The van der Waals surface area contributed by atoms with Gasteiger partial charge in [0.2, 0.25) is 5.95 Å². The van der Waals surface area contributed by atoms with Crippen molar-refractivity contribution in [1.29, 1.82) is 0 Å². The van der Waals surface area contributed by atoms with Crippen molar-refractivity contribution in [2.75, 3.05) is 5.73 Å². The Morgan fingerprint density at radius 3 is 2.84 bits per heavy atom. The first-order valence-corrected chi connectivity index (χ1v) is 7.24. The van der Waals surface area contributed by atoms with Crippen LogP contribution in [0.1, 0.15) is 38.3 Å². The number of rotatable bonds is 2. The molecule has 0 aromatic carbocycles. The summed E-state index contributed by atoms with van der Waals surface area (Å²) in [5.41, 5.74) is 8.95. The second-order valence-electron chi connectivity index (χ2n) is 5.90. The third kappa shape index (κ3) is 2.31. The smallest absolute Gasteiger partial charge is 0.202 e. The number of nitrogens with two attached hydrogens (primary N) is 1. The van der Waals surface area contributed by atoms with Gasteiger partial charge in [0.15, 0.2) is 5.65 Å². The second-order valence-corrected chi connectivity index (χ2v) is 5.90. The zero-order valence-corrected chi connectivity index (χ0v) is 11.8. The highest BCUT2D eigenvalue weighted by atomic mass is 15.2. The quantitative estimate of drug-likeness (QED) is 0.900. The van der Waals surface area contributed by atoms with Crippen molar-refractivity contribution in [1.82, 2.24) is 14.5 Å². The predicted molar refractivity (Wildman–Crippen MR) is 77.8 cm³/mol. The molecule has 102 valence electrons. The number of nitrogens with zero attached hydrogens (tertiary/aromatic N) is 3. The summed E-state index contributed by atoms with van der Waals surface area (Å²) in [6.07, 6.45) is 5.35. The van der Waals surface area contributed by atoms with Crippen molar-refractivity contribution in [3.05, 3.63) is 17.8 Å². The van der Waals surface area contributed by atoms with E-state index < -0.39 is 0 Å². The minimum atomic E-state index is 0.603. The highest BCUT2D eigenvalue weighted by Gasteiger charge is 2.23. The van der Waals surface area contributed by atoms with Gasteiger partial charge in [-0.1, -0.05) is 26.2 Å². The van der Waals surface area contributed by atoms with Crippen LogP contribution in [-0.2, 0) is 6.54 Å². The number of hydrogen-bond acceptors (Lipinski definition) is 3. The molecule has 1 aliphatic carbocycles. The van der Waals surface area contributed by atoms with E-state index in [0.717, 1.165) is 29.3 Å². The number of anilines is 1. The van der Waals surface area contributed by atoms with Crippen LogP contribution in [0.5, 0.6) is 0 Å². The maximum atomic E-state index is 6.08. The van der Waals surface area contributed by atoms with Crippen LogP contribution in [0.4, 0.5) is 5.95 Å². The van der Waals surface area contributed by atoms with Crippen LogP contribution in [0.2, 0.25) is 0 Å². The Bertz CT molecular complexity index is 587. The molecule has 2 N–H and O–H groups in total.